The van der Waals surface area contributed by atoms with Crippen LogP contribution < -0.4 is 0 Å². The number of nitrogens with one attached hydrogen (secondary N) is 1. The normalized spacial score (nSPS) is 16.7. The number of rotatable bonds is 4. The number of benzene rings is 1. The van der Waals surface area contributed by atoms with Gasteiger partial charge >= 0.3 is 5.97 Å². The number of sulfonamides is 1. The van der Waals surface area contributed by atoms with E-state index in [4.69, 9.17) is 0 Å². The molecule has 2 aromatic rings. The molecule has 0 bridgehead atoms. The van der Waals surface area contributed by atoms with Crippen LogP contribution in [0.1, 0.15) is 36.0 Å². The summed E-state index contributed by atoms with van der Waals surface area (Å²) in [6.45, 7) is 0.946. The lowest BCUT2D eigenvalue weighted by molar-refractivity contribution is 0.0696. The van der Waals surface area contributed by atoms with Crippen molar-refractivity contribution in [2.45, 2.75) is 30.6 Å². The lowest BCUT2D eigenvalue weighted by atomic mass is 10.1. The zero-order valence-electron chi connectivity index (χ0n) is 13.1. The molecule has 7 nitrogen and oxygen atoms in total. The number of aromatic carboxylic acids is 1. The molecule has 128 valence electrons. The minimum atomic E-state index is -3.72. The van der Waals surface area contributed by atoms with E-state index in [9.17, 15) is 18.3 Å². The van der Waals surface area contributed by atoms with Gasteiger partial charge in [0.25, 0.3) is 0 Å². The van der Waals surface area contributed by atoms with Crippen molar-refractivity contribution in [3.8, 4) is 11.1 Å². The number of hydrogen-bond donors (Lipinski definition) is 2. The van der Waals surface area contributed by atoms with E-state index in [-0.39, 0.29) is 10.5 Å². The molecule has 0 saturated carbocycles. The molecule has 1 aliphatic heterocycles. The van der Waals surface area contributed by atoms with E-state index >= 15 is 0 Å². The van der Waals surface area contributed by atoms with Crippen LogP contribution in [0.15, 0.2) is 35.5 Å². The van der Waals surface area contributed by atoms with Gasteiger partial charge in [-0.3, -0.25) is 5.10 Å². The molecule has 24 heavy (non-hydrogen) atoms. The lowest BCUT2D eigenvalue weighted by Crippen LogP contribution is -2.32. The second kappa shape index (κ2) is 6.74. The van der Waals surface area contributed by atoms with E-state index < -0.39 is 16.0 Å². The molecular formula is C16H19N3O4S. The fourth-order valence-electron chi connectivity index (χ4n) is 2.88. The predicted molar refractivity (Wildman–Crippen MR) is 88.2 cm³/mol. The Bertz CT molecular complexity index is 823. The van der Waals surface area contributed by atoms with E-state index in [0.717, 1.165) is 25.7 Å². The van der Waals surface area contributed by atoms with Gasteiger partial charge in [0, 0.05) is 24.8 Å². The van der Waals surface area contributed by atoms with Gasteiger partial charge in [-0.05, 0) is 36.6 Å². The van der Waals surface area contributed by atoms with Gasteiger partial charge in [0.2, 0.25) is 10.0 Å². The highest BCUT2D eigenvalue weighted by Crippen LogP contribution is 2.27. The van der Waals surface area contributed by atoms with Gasteiger partial charge < -0.3 is 5.11 Å². The SMILES string of the molecule is O=C(O)c1cc(-c2cn[nH]c2)cc(S(=O)(=O)N2CCCCCC2)c1. The van der Waals surface area contributed by atoms with Crippen LogP contribution in [-0.4, -0.2) is 47.1 Å². The number of hydrogen-bond acceptors (Lipinski definition) is 4. The van der Waals surface area contributed by atoms with E-state index in [1.807, 2.05) is 0 Å². The molecule has 0 atom stereocenters. The Hall–Kier alpha value is -2.19. The molecule has 0 amide bonds. The van der Waals surface area contributed by atoms with E-state index in [2.05, 4.69) is 10.2 Å². The second-order valence-corrected chi connectivity index (χ2v) is 7.79. The predicted octanol–water partition coefficient (Wildman–Crippen LogP) is 2.34. The van der Waals surface area contributed by atoms with Gasteiger partial charge in [0.15, 0.2) is 0 Å². The molecule has 8 heteroatoms. The van der Waals surface area contributed by atoms with E-state index in [1.54, 1.807) is 6.20 Å². The maximum atomic E-state index is 12.9. The first-order chi connectivity index (χ1) is 11.5. The average Bonchev–Trinajstić information content (AvgIpc) is 2.96. The van der Waals surface area contributed by atoms with Crippen molar-refractivity contribution >= 4 is 16.0 Å². The number of aromatic amines is 1. The van der Waals surface area contributed by atoms with Crippen LogP contribution >= 0.6 is 0 Å². The van der Waals surface area contributed by atoms with Crippen LogP contribution in [0.2, 0.25) is 0 Å². The number of nitrogens with zero attached hydrogens (tertiary/aromatic N) is 2. The van der Waals surface area contributed by atoms with Gasteiger partial charge in [-0.2, -0.15) is 9.40 Å². The minimum Gasteiger partial charge on any atom is -0.478 e. The highest BCUT2D eigenvalue weighted by atomic mass is 32.2. The monoisotopic (exact) mass is 349 g/mol. The fraction of sp³-hybridized carbons (Fsp3) is 0.375. The summed E-state index contributed by atoms with van der Waals surface area (Å²) in [7, 11) is -3.72. The zero-order valence-corrected chi connectivity index (χ0v) is 13.9. The quantitative estimate of drug-likeness (QED) is 0.882. The Morgan fingerprint density at radius 2 is 1.79 bits per heavy atom. The van der Waals surface area contributed by atoms with Crippen LogP contribution in [0, 0.1) is 0 Å². The molecule has 1 aromatic heterocycles. The highest BCUT2D eigenvalue weighted by Gasteiger charge is 2.26. The third kappa shape index (κ3) is 3.34. The molecule has 0 spiro atoms. The van der Waals surface area contributed by atoms with Gasteiger partial charge in [-0.25, -0.2) is 13.2 Å². The summed E-state index contributed by atoms with van der Waals surface area (Å²) in [5, 5.41) is 15.8. The fourth-order valence-corrected chi connectivity index (χ4v) is 4.47. The van der Waals surface area contributed by atoms with Crippen molar-refractivity contribution in [1.82, 2.24) is 14.5 Å². The van der Waals surface area contributed by atoms with Crippen molar-refractivity contribution in [2.75, 3.05) is 13.1 Å². The van der Waals surface area contributed by atoms with Crippen molar-refractivity contribution in [2.24, 2.45) is 0 Å². The third-order valence-electron chi connectivity index (χ3n) is 4.19. The summed E-state index contributed by atoms with van der Waals surface area (Å²) in [6, 6.07) is 4.19. The molecule has 1 saturated heterocycles. The molecule has 0 radical (unpaired) electrons. The van der Waals surface area contributed by atoms with Crippen LogP contribution in [0.5, 0.6) is 0 Å². The number of carbonyl (C=O) groups is 1. The molecular weight excluding hydrogens is 330 g/mol. The standard InChI is InChI=1S/C16H19N3O4S/c20-16(21)13-7-12(14-10-17-18-11-14)8-15(9-13)24(22,23)19-5-3-1-2-4-6-19/h7-11H,1-6H2,(H,17,18)(H,20,21). The second-order valence-electron chi connectivity index (χ2n) is 5.86. The Morgan fingerprint density at radius 1 is 1.08 bits per heavy atom. The van der Waals surface area contributed by atoms with Crippen LogP contribution in [0.3, 0.4) is 0 Å². The summed E-state index contributed by atoms with van der Waals surface area (Å²) in [5.41, 5.74) is 1.10. The number of aromatic nitrogens is 2. The number of carboxylic acid groups (broad SMARTS) is 1. The van der Waals surface area contributed by atoms with E-state index in [1.165, 1.54) is 28.7 Å². The molecule has 2 N–H and O–H groups in total. The molecule has 0 aliphatic carbocycles. The number of carboxylic acids is 1. The highest BCUT2D eigenvalue weighted by molar-refractivity contribution is 7.89. The van der Waals surface area contributed by atoms with Crippen molar-refractivity contribution in [3.63, 3.8) is 0 Å². The maximum absolute atomic E-state index is 12.9. The summed E-state index contributed by atoms with van der Waals surface area (Å²) in [6.07, 6.45) is 6.81. The maximum Gasteiger partial charge on any atom is 0.335 e. The first kappa shape index (κ1) is 16.7. The summed E-state index contributed by atoms with van der Waals surface area (Å²) in [4.78, 5) is 11.4. The molecule has 1 aliphatic rings. The molecule has 1 aromatic carbocycles. The van der Waals surface area contributed by atoms with Gasteiger partial charge in [-0.15, -0.1) is 0 Å². The Kier molecular flexibility index (Phi) is 4.68. The van der Waals surface area contributed by atoms with Crippen molar-refractivity contribution in [1.29, 1.82) is 0 Å². The third-order valence-corrected chi connectivity index (χ3v) is 6.06. The molecule has 3 rings (SSSR count). The minimum absolute atomic E-state index is 0.0144. The number of H-pyrrole nitrogens is 1. The van der Waals surface area contributed by atoms with Crippen LogP contribution in [-0.2, 0) is 10.0 Å². The largest absolute Gasteiger partial charge is 0.478 e. The molecule has 0 unspecified atom stereocenters. The topological polar surface area (TPSA) is 103 Å². The summed E-state index contributed by atoms with van der Waals surface area (Å²) < 4.78 is 27.4. The van der Waals surface area contributed by atoms with Gasteiger partial charge in [0.05, 0.1) is 16.7 Å². The van der Waals surface area contributed by atoms with Crippen molar-refractivity contribution < 1.29 is 18.3 Å². The van der Waals surface area contributed by atoms with E-state index in [0.29, 0.717) is 24.2 Å². The van der Waals surface area contributed by atoms with Crippen LogP contribution in [0.4, 0.5) is 0 Å². The first-order valence-electron chi connectivity index (χ1n) is 7.86. The summed E-state index contributed by atoms with van der Waals surface area (Å²) in [5.74, 6) is -1.16. The first-order valence-corrected chi connectivity index (χ1v) is 9.30. The van der Waals surface area contributed by atoms with Crippen molar-refractivity contribution in [3.05, 3.63) is 36.2 Å². The lowest BCUT2D eigenvalue weighted by Gasteiger charge is -2.20. The zero-order chi connectivity index (χ0) is 17.2. The Balaban J connectivity index is 2.07. The molecule has 2 heterocycles. The van der Waals surface area contributed by atoms with Crippen LogP contribution in [0.25, 0.3) is 11.1 Å². The smallest absolute Gasteiger partial charge is 0.335 e. The Labute approximate surface area is 140 Å². The Morgan fingerprint density at radius 3 is 2.38 bits per heavy atom. The molecule has 1 fully saturated rings. The average molecular weight is 349 g/mol. The van der Waals surface area contributed by atoms with Gasteiger partial charge in [-0.1, -0.05) is 12.8 Å². The van der Waals surface area contributed by atoms with Gasteiger partial charge in [0.1, 0.15) is 0 Å². The summed E-state index contributed by atoms with van der Waals surface area (Å²) >= 11 is 0.